The average Bonchev–Trinajstić information content (AvgIpc) is 2.72. The maximum Gasteiger partial charge on any atom is 0.203 e. The topological polar surface area (TPSA) is 67.3 Å². The van der Waals surface area contributed by atoms with Crippen molar-refractivity contribution in [2.24, 2.45) is 0 Å². The Hall–Kier alpha value is -3.30. The summed E-state index contributed by atoms with van der Waals surface area (Å²) in [7, 11) is 4.66. The van der Waals surface area contributed by atoms with Crippen molar-refractivity contribution in [1.82, 2.24) is 4.98 Å². The van der Waals surface area contributed by atoms with Crippen LogP contribution in [0, 0.1) is 16.0 Å². The number of nitrogens with one attached hydrogen (secondary N) is 1. The number of rotatable bonds is 5. The highest BCUT2D eigenvalue weighted by Gasteiger charge is 2.17. The third kappa shape index (κ3) is 3.50. The van der Waals surface area contributed by atoms with E-state index in [2.05, 4.69) is 11.1 Å². The highest BCUT2D eigenvalue weighted by Crippen LogP contribution is 2.42. The van der Waals surface area contributed by atoms with Crippen LogP contribution in [0.15, 0.2) is 48.5 Å². The second-order valence-corrected chi connectivity index (χ2v) is 6.10. The molecule has 3 aromatic rings. The molecule has 0 spiro atoms. The predicted molar refractivity (Wildman–Crippen MR) is 107 cm³/mol. The van der Waals surface area contributed by atoms with Crippen molar-refractivity contribution < 1.29 is 14.2 Å². The van der Waals surface area contributed by atoms with E-state index < -0.39 is 0 Å². The maximum absolute atomic E-state index is 9.65. The number of aromatic amines is 1. The molecule has 0 bridgehead atoms. The van der Waals surface area contributed by atoms with Crippen molar-refractivity contribution in [3.05, 3.63) is 58.7 Å². The number of H-pyrrole nitrogens is 1. The van der Waals surface area contributed by atoms with Crippen LogP contribution < -0.4 is 14.2 Å². The van der Waals surface area contributed by atoms with Crippen LogP contribution in [0.2, 0.25) is 0 Å². The van der Waals surface area contributed by atoms with Crippen molar-refractivity contribution in [2.45, 2.75) is 0 Å². The first-order valence-corrected chi connectivity index (χ1v) is 8.57. The van der Waals surface area contributed by atoms with Crippen molar-refractivity contribution in [3.8, 4) is 45.7 Å². The van der Waals surface area contributed by atoms with Crippen molar-refractivity contribution in [2.75, 3.05) is 21.3 Å². The Bertz CT molecular complexity index is 1040. The molecule has 1 N–H and O–H groups in total. The number of nitriles is 1. The summed E-state index contributed by atoms with van der Waals surface area (Å²) >= 11 is 5.43. The number of hydrogen-bond acceptors (Lipinski definition) is 5. The van der Waals surface area contributed by atoms with Gasteiger partial charge in [0.05, 0.1) is 26.9 Å². The van der Waals surface area contributed by atoms with Gasteiger partial charge in [-0.3, -0.25) is 0 Å². The van der Waals surface area contributed by atoms with Crippen LogP contribution in [-0.4, -0.2) is 26.3 Å². The summed E-state index contributed by atoms with van der Waals surface area (Å²) in [5.74, 6) is 1.51. The van der Waals surface area contributed by atoms with Gasteiger partial charge in [-0.25, -0.2) is 0 Å². The molecule has 1 heterocycles. The summed E-state index contributed by atoms with van der Waals surface area (Å²) in [5, 5.41) is 9.65. The van der Waals surface area contributed by atoms with Crippen molar-refractivity contribution in [1.29, 1.82) is 5.26 Å². The zero-order chi connectivity index (χ0) is 19.4. The van der Waals surface area contributed by atoms with Crippen LogP contribution >= 0.6 is 12.2 Å². The molecule has 0 amide bonds. The predicted octanol–water partition coefficient (Wildman–Crippen LogP) is 4.98. The van der Waals surface area contributed by atoms with Gasteiger partial charge in [0.2, 0.25) is 5.75 Å². The number of ether oxygens (including phenoxy) is 3. The summed E-state index contributed by atoms with van der Waals surface area (Å²) in [5.41, 5.74) is 3.63. The van der Waals surface area contributed by atoms with Crippen LogP contribution in [0.3, 0.4) is 0 Å². The first-order valence-electron chi connectivity index (χ1n) is 8.16. The minimum atomic E-state index is 0.377. The van der Waals surface area contributed by atoms with Gasteiger partial charge in [-0.15, -0.1) is 0 Å². The SMILES string of the molecule is COc1cc(-c2cc(-c3ccccc3)[nH]c(=S)c2C#N)cc(OC)c1OC. The highest BCUT2D eigenvalue weighted by atomic mass is 32.1. The fourth-order valence-electron chi connectivity index (χ4n) is 2.91. The summed E-state index contributed by atoms with van der Waals surface area (Å²) in [6.45, 7) is 0. The van der Waals surface area contributed by atoms with Crippen LogP contribution in [0.25, 0.3) is 22.4 Å². The third-order valence-corrected chi connectivity index (χ3v) is 4.51. The summed E-state index contributed by atoms with van der Waals surface area (Å²) in [6, 6.07) is 17.5. The lowest BCUT2D eigenvalue weighted by molar-refractivity contribution is 0.324. The lowest BCUT2D eigenvalue weighted by Crippen LogP contribution is -1.97. The van der Waals surface area contributed by atoms with E-state index in [1.807, 2.05) is 36.4 Å². The van der Waals surface area contributed by atoms with E-state index in [9.17, 15) is 5.26 Å². The third-order valence-electron chi connectivity index (χ3n) is 4.21. The Morgan fingerprint density at radius 1 is 0.889 bits per heavy atom. The average molecular weight is 378 g/mol. The number of hydrogen-bond donors (Lipinski definition) is 1. The molecule has 2 aromatic carbocycles. The van der Waals surface area contributed by atoms with Gasteiger partial charge < -0.3 is 19.2 Å². The fourth-order valence-corrected chi connectivity index (χ4v) is 3.17. The zero-order valence-corrected chi connectivity index (χ0v) is 16.0. The van der Waals surface area contributed by atoms with E-state index in [1.165, 1.54) is 0 Å². The number of pyridine rings is 1. The molecule has 3 rings (SSSR count). The second kappa shape index (κ2) is 7.94. The molecule has 0 aliphatic heterocycles. The lowest BCUT2D eigenvalue weighted by atomic mass is 9.98. The molecule has 0 aliphatic rings. The van der Waals surface area contributed by atoms with E-state index in [0.29, 0.717) is 33.0 Å². The Labute approximate surface area is 162 Å². The molecule has 0 unspecified atom stereocenters. The fraction of sp³-hybridized carbons (Fsp3) is 0.143. The van der Waals surface area contributed by atoms with Crippen molar-refractivity contribution in [3.63, 3.8) is 0 Å². The molecule has 0 radical (unpaired) electrons. The Kier molecular flexibility index (Phi) is 5.43. The quantitative estimate of drug-likeness (QED) is 0.635. The van der Waals surface area contributed by atoms with Crippen LogP contribution in [0.5, 0.6) is 17.2 Å². The van der Waals surface area contributed by atoms with Gasteiger partial charge in [-0.1, -0.05) is 42.5 Å². The first-order chi connectivity index (χ1) is 13.1. The Morgan fingerprint density at radius 2 is 1.52 bits per heavy atom. The molecule has 1 aromatic heterocycles. The van der Waals surface area contributed by atoms with Crippen LogP contribution in [0.4, 0.5) is 0 Å². The number of methoxy groups -OCH3 is 3. The van der Waals surface area contributed by atoms with Crippen molar-refractivity contribution >= 4 is 12.2 Å². The molecule has 0 saturated carbocycles. The normalized spacial score (nSPS) is 10.1. The van der Waals surface area contributed by atoms with Gasteiger partial charge in [0.1, 0.15) is 10.7 Å². The second-order valence-electron chi connectivity index (χ2n) is 5.69. The molecule has 136 valence electrons. The first kappa shape index (κ1) is 18.5. The molecule has 0 atom stereocenters. The van der Waals surface area contributed by atoms with Crippen LogP contribution in [0.1, 0.15) is 5.56 Å². The Morgan fingerprint density at radius 3 is 2.04 bits per heavy atom. The molecule has 0 fully saturated rings. The van der Waals surface area contributed by atoms with E-state index >= 15 is 0 Å². The van der Waals surface area contributed by atoms with Gasteiger partial charge in [0, 0.05) is 11.3 Å². The van der Waals surface area contributed by atoms with Gasteiger partial charge >= 0.3 is 0 Å². The smallest absolute Gasteiger partial charge is 0.203 e. The number of nitrogens with zero attached hydrogens (tertiary/aromatic N) is 1. The van der Waals surface area contributed by atoms with Gasteiger partial charge in [-0.05, 0) is 29.3 Å². The largest absolute Gasteiger partial charge is 0.493 e. The lowest BCUT2D eigenvalue weighted by Gasteiger charge is -2.15. The zero-order valence-electron chi connectivity index (χ0n) is 15.2. The summed E-state index contributed by atoms with van der Waals surface area (Å²) in [4.78, 5) is 3.14. The van der Waals surface area contributed by atoms with Gasteiger partial charge in [0.15, 0.2) is 11.5 Å². The number of aromatic nitrogens is 1. The van der Waals surface area contributed by atoms with Gasteiger partial charge in [-0.2, -0.15) is 5.26 Å². The minimum absolute atomic E-state index is 0.377. The molecule has 0 saturated heterocycles. The number of benzene rings is 2. The van der Waals surface area contributed by atoms with Crippen LogP contribution in [-0.2, 0) is 0 Å². The van der Waals surface area contributed by atoms with E-state index in [0.717, 1.165) is 16.8 Å². The minimum Gasteiger partial charge on any atom is -0.493 e. The monoisotopic (exact) mass is 378 g/mol. The molecule has 6 heteroatoms. The van der Waals surface area contributed by atoms with E-state index in [1.54, 1.807) is 33.5 Å². The molecule has 0 aliphatic carbocycles. The molecule has 27 heavy (non-hydrogen) atoms. The Balaban J connectivity index is 2.29. The molecular weight excluding hydrogens is 360 g/mol. The maximum atomic E-state index is 9.65. The molecule has 5 nitrogen and oxygen atoms in total. The van der Waals surface area contributed by atoms with E-state index in [4.69, 9.17) is 26.4 Å². The summed E-state index contributed by atoms with van der Waals surface area (Å²) in [6.07, 6.45) is 0. The van der Waals surface area contributed by atoms with E-state index in [-0.39, 0.29) is 0 Å². The molecular formula is C21H18N2O3S. The highest BCUT2D eigenvalue weighted by molar-refractivity contribution is 7.71. The standard InChI is InChI=1S/C21H18N2O3S/c1-24-18-9-14(10-19(25-2)20(18)26-3)15-11-17(13-7-5-4-6-8-13)23-21(27)16(15)12-22/h4-11H,1-3H3,(H,23,27). The van der Waals surface area contributed by atoms with Gasteiger partial charge in [0.25, 0.3) is 0 Å². The summed E-state index contributed by atoms with van der Waals surface area (Å²) < 4.78 is 16.6.